The van der Waals surface area contributed by atoms with E-state index in [0.717, 1.165) is 30.5 Å². The number of nitriles is 1. The van der Waals surface area contributed by atoms with Gasteiger partial charge in [-0.1, -0.05) is 50.2 Å². The second-order valence-electron chi connectivity index (χ2n) is 9.07. The van der Waals surface area contributed by atoms with E-state index in [1.807, 2.05) is 26.0 Å². The number of benzene rings is 1. The van der Waals surface area contributed by atoms with Gasteiger partial charge in [0.05, 0.1) is 10.8 Å². The van der Waals surface area contributed by atoms with E-state index in [4.69, 9.17) is 16.6 Å². The Morgan fingerprint density at radius 2 is 2.10 bits per heavy atom. The van der Waals surface area contributed by atoms with Crippen LogP contribution in [0.5, 0.6) is 0 Å². The van der Waals surface area contributed by atoms with Crippen LogP contribution in [0.1, 0.15) is 56.5 Å². The van der Waals surface area contributed by atoms with Crippen LogP contribution in [0.3, 0.4) is 0 Å². The minimum atomic E-state index is -0.396. The summed E-state index contributed by atoms with van der Waals surface area (Å²) < 4.78 is 0. The maximum atomic E-state index is 12.7. The van der Waals surface area contributed by atoms with Crippen molar-refractivity contribution in [1.82, 2.24) is 4.98 Å². The summed E-state index contributed by atoms with van der Waals surface area (Å²) in [4.78, 5) is 17.5. The van der Waals surface area contributed by atoms with Crippen molar-refractivity contribution in [2.75, 3.05) is 5.32 Å². The van der Waals surface area contributed by atoms with Crippen molar-refractivity contribution in [3.63, 3.8) is 0 Å². The Bertz CT molecular complexity index is 1010. The van der Waals surface area contributed by atoms with Crippen molar-refractivity contribution in [1.29, 1.82) is 5.26 Å². The Balaban J connectivity index is 1.77. The second-order valence-corrected chi connectivity index (χ2v) is 10.8. The summed E-state index contributed by atoms with van der Waals surface area (Å²) in [7, 11) is 0. The van der Waals surface area contributed by atoms with Crippen molar-refractivity contribution in [2.24, 2.45) is 11.3 Å². The lowest BCUT2D eigenvalue weighted by Crippen LogP contribution is -2.28. The molecule has 2 aromatic rings. The van der Waals surface area contributed by atoms with Crippen LogP contribution in [0.25, 0.3) is 0 Å². The number of carbonyl (C=O) groups excluding carboxylic acids is 1. The summed E-state index contributed by atoms with van der Waals surface area (Å²) in [6.07, 6.45) is 2.97. The molecule has 6 heteroatoms. The summed E-state index contributed by atoms with van der Waals surface area (Å²) in [5, 5.41) is 13.4. The molecule has 0 fully saturated rings. The van der Waals surface area contributed by atoms with Crippen LogP contribution in [0, 0.1) is 29.6 Å². The first kappa shape index (κ1) is 22.7. The predicted octanol–water partition coefficient (Wildman–Crippen LogP) is 6.19. The topological polar surface area (TPSA) is 65.8 Å². The third-order valence-electron chi connectivity index (χ3n) is 5.81. The molecular formula is C24H28ClN3OS. The Morgan fingerprint density at radius 3 is 2.77 bits per heavy atom. The number of aromatic nitrogens is 1. The summed E-state index contributed by atoms with van der Waals surface area (Å²) in [6.45, 7) is 10.6. The number of thioether (sulfide) groups is 1. The number of pyridine rings is 1. The number of hydrogen-bond donors (Lipinski definition) is 1. The summed E-state index contributed by atoms with van der Waals surface area (Å²) >= 11 is 7.39. The van der Waals surface area contributed by atoms with Gasteiger partial charge in [0.2, 0.25) is 5.91 Å². The summed E-state index contributed by atoms with van der Waals surface area (Å²) in [5.41, 5.74) is 4.68. The minimum absolute atomic E-state index is 0.137. The molecule has 1 aliphatic rings. The standard InChI is InChI=1S/C24H28ClN3OS/c1-14-6-8-19(25)12-21(14)27-22(29)15(2)30-23-17(13-26)10-16-11-18(24(3,4)5)7-9-20(16)28-23/h6,8,10,12,15,18H,7,9,11H2,1-5H3,(H,27,29). The Morgan fingerprint density at radius 1 is 1.37 bits per heavy atom. The Hall–Kier alpha value is -2.03. The lowest BCUT2D eigenvalue weighted by atomic mass is 9.71. The minimum Gasteiger partial charge on any atom is -0.325 e. The number of hydrogen-bond acceptors (Lipinski definition) is 4. The fraction of sp³-hybridized carbons (Fsp3) is 0.458. The van der Waals surface area contributed by atoms with E-state index in [9.17, 15) is 10.1 Å². The smallest absolute Gasteiger partial charge is 0.237 e. The van der Waals surface area contributed by atoms with Crippen molar-refractivity contribution < 1.29 is 4.79 Å². The van der Waals surface area contributed by atoms with E-state index >= 15 is 0 Å². The normalized spacial score (nSPS) is 17.0. The first-order chi connectivity index (χ1) is 14.1. The Labute approximate surface area is 188 Å². The SMILES string of the molecule is Cc1ccc(Cl)cc1NC(=O)C(C)Sc1nc2c(cc1C#N)CC(C(C)(C)C)CC2. The molecule has 30 heavy (non-hydrogen) atoms. The van der Waals surface area contributed by atoms with Gasteiger partial charge >= 0.3 is 0 Å². The molecule has 0 radical (unpaired) electrons. The fourth-order valence-electron chi connectivity index (χ4n) is 3.74. The fourth-order valence-corrected chi connectivity index (χ4v) is 4.81. The van der Waals surface area contributed by atoms with Gasteiger partial charge < -0.3 is 5.32 Å². The van der Waals surface area contributed by atoms with E-state index in [0.29, 0.717) is 27.2 Å². The van der Waals surface area contributed by atoms with Crippen molar-refractivity contribution in [3.8, 4) is 6.07 Å². The second kappa shape index (κ2) is 8.99. The van der Waals surface area contributed by atoms with E-state index < -0.39 is 5.25 Å². The highest BCUT2D eigenvalue weighted by molar-refractivity contribution is 8.00. The van der Waals surface area contributed by atoms with Crippen LogP contribution in [-0.2, 0) is 17.6 Å². The van der Waals surface area contributed by atoms with Gasteiger partial charge in [0, 0.05) is 16.4 Å². The number of fused-ring (bicyclic) bond motifs is 1. The highest BCUT2D eigenvalue weighted by Crippen LogP contribution is 2.38. The van der Waals surface area contributed by atoms with Crippen molar-refractivity contribution in [2.45, 2.75) is 64.2 Å². The molecule has 0 aliphatic heterocycles. The van der Waals surface area contributed by atoms with Crippen LogP contribution in [0.4, 0.5) is 5.69 Å². The average Bonchev–Trinajstić information content (AvgIpc) is 2.69. The van der Waals surface area contributed by atoms with Gasteiger partial charge in [-0.2, -0.15) is 5.26 Å². The van der Waals surface area contributed by atoms with Gasteiger partial charge in [-0.05, 0) is 73.8 Å². The molecule has 3 rings (SSSR count). The summed E-state index contributed by atoms with van der Waals surface area (Å²) in [6, 6.07) is 9.67. The first-order valence-corrected chi connectivity index (χ1v) is 11.5. The van der Waals surface area contributed by atoms with Gasteiger partial charge in [-0.25, -0.2) is 4.98 Å². The third kappa shape index (κ3) is 5.17. The van der Waals surface area contributed by atoms with Crippen LogP contribution in [0.15, 0.2) is 29.3 Å². The average molecular weight is 442 g/mol. The van der Waals surface area contributed by atoms with E-state index in [1.54, 1.807) is 12.1 Å². The Kier molecular flexibility index (Phi) is 6.79. The molecule has 4 nitrogen and oxygen atoms in total. The maximum absolute atomic E-state index is 12.7. The molecular weight excluding hydrogens is 414 g/mol. The number of anilines is 1. The molecule has 1 aromatic carbocycles. The van der Waals surface area contributed by atoms with Gasteiger partial charge in [-0.3, -0.25) is 4.79 Å². The molecule has 0 saturated heterocycles. The van der Waals surface area contributed by atoms with Crippen molar-refractivity contribution >= 4 is 35.0 Å². The number of aryl methyl sites for hydroxylation is 2. The van der Waals surface area contributed by atoms with Gasteiger partial charge in [-0.15, -0.1) is 0 Å². The third-order valence-corrected chi connectivity index (χ3v) is 7.15. The molecule has 1 aliphatic carbocycles. The van der Waals surface area contributed by atoms with E-state index in [1.165, 1.54) is 17.3 Å². The molecule has 1 N–H and O–H groups in total. The molecule has 1 amide bonds. The number of amides is 1. The predicted molar refractivity (Wildman–Crippen MR) is 124 cm³/mol. The van der Waals surface area contributed by atoms with E-state index in [-0.39, 0.29) is 11.3 Å². The highest BCUT2D eigenvalue weighted by atomic mass is 35.5. The molecule has 2 unspecified atom stereocenters. The quantitative estimate of drug-likeness (QED) is 0.575. The van der Waals surface area contributed by atoms with Crippen LogP contribution in [-0.4, -0.2) is 16.1 Å². The highest BCUT2D eigenvalue weighted by Gasteiger charge is 2.30. The van der Waals surface area contributed by atoms with Crippen molar-refractivity contribution in [3.05, 3.63) is 51.7 Å². The number of halogens is 1. The van der Waals surface area contributed by atoms with E-state index in [2.05, 4.69) is 32.2 Å². The lowest BCUT2D eigenvalue weighted by molar-refractivity contribution is -0.115. The summed E-state index contributed by atoms with van der Waals surface area (Å²) in [5.74, 6) is 0.448. The number of nitrogens with one attached hydrogen (secondary N) is 1. The van der Waals surface area contributed by atoms with Gasteiger partial charge in [0.1, 0.15) is 11.1 Å². The number of carbonyl (C=O) groups is 1. The largest absolute Gasteiger partial charge is 0.325 e. The lowest BCUT2D eigenvalue weighted by Gasteiger charge is -2.34. The molecule has 0 spiro atoms. The van der Waals surface area contributed by atoms with Gasteiger partial charge in [0.15, 0.2) is 0 Å². The zero-order chi connectivity index (χ0) is 22.1. The van der Waals surface area contributed by atoms with Crippen LogP contribution >= 0.6 is 23.4 Å². The molecule has 2 atom stereocenters. The van der Waals surface area contributed by atoms with Gasteiger partial charge in [0.25, 0.3) is 0 Å². The first-order valence-electron chi connectivity index (χ1n) is 10.2. The van der Waals surface area contributed by atoms with Crippen LogP contribution in [0.2, 0.25) is 5.02 Å². The number of nitrogens with zero attached hydrogens (tertiary/aromatic N) is 2. The van der Waals surface area contributed by atoms with Crippen LogP contribution < -0.4 is 5.32 Å². The molecule has 1 heterocycles. The molecule has 158 valence electrons. The molecule has 0 saturated carbocycles. The molecule has 1 aromatic heterocycles. The maximum Gasteiger partial charge on any atom is 0.237 e. The molecule has 0 bridgehead atoms. The number of rotatable bonds is 4. The zero-order valence-electron chi connectivity index (χ0n) is 18.2. The zero-order valence-corrected chi connectivity index (χ0v) is 19.7. The monoisotopic (exact) mass is 441 g/mol.